The fraction of sp³-hybridized carbons (Fsp3) is 0.500. The smallest absolute Gasteiger partial charge is 0.236 e. The molecule has 98 valence electrons. The second-order valence-corrected chi connectivity index (χ2v) is 4.86. The summed E-state index contributed by atoms with van der Waals surface area (Å²) in [4.78, 5) is 12.7. The van der Waals surface area contributed by atoms with E-state index < -0.39 is 0 Å². The van der Waals surface area contributed by atoms with Gasteiger partial charge in [0.2, 0.25) is 5.82 Å². The van der Waals surface area contributed by atoms with Gasteiger partial charge in [0.15, 0.2) is 17.0 Å². The molecule has 0 aromatic carbocycles. The fourth-order valence-electron chi connectivity index (χ4n) is 2.58. The van der Waals surface area contributed by atoms with Gasteiger partial charge < -0.3 is 4.57 Å². The van der Waals surface area contributed by atoms with Crippen LogP contribution in [0.25, 0.3) is 11.2 Å². The van der Waals surface area contributed by atoms with Crippen LogP contribution in [-0.2, 0) is 7.05 Å². The summed E-state index contributed by atoms with van der Waals surface area (Å²) in [6, 6.07) is 2.25. The number of nitriles is 1. The monoisotopic (exact) mass is 257 g/mol. The number of aryl methyl sites for hydroxylation is 1. The lowest BCUT2D eigenvalue weighted by atomic mass is 10.2. The Morgan fingerprint density at radius 1 is 1.42 bits per heavy atom. The van der Waals surface area contributed by atoms with Crippen LogP contribution in [0.15, 0.2) is 6.33 Å². The van der Waals surface area contributed by atoms with Gasteiger partial charge >= 0.3 is 0 Å². The molecule has 0 spiro atoms. The molecule has 2 heterocycles. The summed E-state index contributed by atoms with van der Waals surface area (Å²) in [5, 5.41) is 10.7. The number of fused-ring (bicyclic) bond motifs is 1. The summed E-state index contributed by atoms with van der Waals surface area (Å²) in [6.45, 7) is 0. The molecular formula is C12H15N7. The molecule has 0 aliphatic heterocycles. The molecule has 0 radical (unpaired) electrons. The third-order valence-electron chi connectivity index (χ3n) is 3.60. The Kier molecular flexibility index (Phi) is 2.80. The highest BCUT2D eigenvalue weighted by Gasteiger charge is 2.25. The van der Waals surface area contributed by atoms with Crippen molar-refractivity contribution >= 4 is 17.0 Å². The second kappa shape index (κ2) is 4.48. The van der Waals surface area contributed by atoms with Crippen molar-refractivity contribution < 1.29 is 0 Å². The third kappa shape index (κ3) is 1.90. The minimum absolute atomic E-state index is 0.125. The van der Waals surface area contributed by atoms with Crippen molar-refractivity contribution in [3.8, 4) is 6.07 Å². The van der Waals surface area contributed by atoms with Crippen molar-refractivity contribution in [1.29, 1.82) is 5.26 Å². The molecule has 1 aliphatic rings. The fourth-order valence-corrected chi connectivity index (χ4v) is 2.58. The van der Waals surface area contributed by atoms with Gasteiger partial charge in [0, 0.05) is 13.1 Å². The molecule has 1 saturated carbocycles. The standard InChI is InChI=1S/C12H15N7/c1-18-7-15-10-11(18)16-9(6-13)17-12(10)19(14)8-4-2-3-5-8/h7-8H,2-5,14H2,1H3. The van der Waals surface area contributed by atoms with Crippen molar-refractivity contribution in [1.82, 2.24) is 19.5 Å². The molecule has 7 nitrogen and oxygen atoms in total. The Morgan fingerprint density at radius 2 is 2.16 bits per heavy atom. The summed E-state index contributed by atoms with van der Waals surface area (Å²) in [6.07, 6.45) is 6.12. The number of hydrogen-bond acceptors (Lipinski definition) is 6. The molecular weight excluding hydrogens is 242 g/mol. The topological polar surface area (TPSA) is 96.6 Å². The molecule has 7 heteroatoms. The largest absolute Gasteiger partial charge is 0.318 e. The van der Waals surface area contributed by atoms with Gasteiger partial charge in [-0.1, -0.05) is 12.8 Å². The number of hydrogen-bond donors (Lipinski definition) is 1. The summed E-state index contributed by atoms with van der Waals surface area (Å²) in [7, 11) is 1.84. The SMILES string of the molecule is Cn1cnc2c(N(N)C3CCCC3)nc(C#N)nc21. The van der Waals surface area contributed by atoms with E-state index in [0.717, 1.165) is 12.8 Å². The van der Waals surface area contributed by atoms with Crippen molar-refractivity contribution in [2.75, 3.05) is 5.01 Å². The predicted molar refractivity (Wildman–Crippen MR) is 69.9 cm³/mol. The van der Waals surface area contributed by atoms with Crippen LogP contribution in [0.2, 0.25) is 0 Å². The maximum absolute atomic E-state index is 9.03. The van der Waals surface area contributed by atoms with E-state index in [2.05, 4.69) is 15.0 Å². The van der Waals surface area contributed by atoms with Crippen LogP contribution in [0.5, 0.6) is 0 Å². The van der Waals surface area contributed by atoms with Gasteiger partial charge in [-0.25, -0.2) is 10.8 Å². The van der Waals surface area contributed by atoms with Crippen molar-refractivity contribution in [3.63, 3.8) is 0 Å². The van der Waals surface area contributed by atoms with E-state index in [1.54, 1.807) is 15.9 Å². The third-order valence-corrected chi connectivity index (χ3v) is 3.60. The Balaban J connectivity index is 2.13. The van der Waals surface area contributed by atoms with Crippen molar-refractivity contribution in [2.45, 2.75) is 31.7 Å². The normalized spacial score (nSPS) is 15.8. The highest BCUT2D eigenvalue weighted by Crippen LogP contribution is 2.28. The van der Waals surface area contributed by atoms with E-state index in [-0.39, 0.29) is 11.9 Å². The highest BCUT2D eigenvalue weighted by atomic mass is 15.5. The lowest BCUT2D eigenvalue weighted by Gasteiger charge is -2.24. The van der Waals surface area contributed by atoms with Gasteiger partial charge in [-0.2, -0.15) is 15.2 Å². The number of hydrazine groups is 1. The minimum Gasteiger partial charge on any atom is -0.318 e. The molecule has 19 heavy (non-hydrogen) atoms. The average Bonchev–Trinajstić information content (AvgIpc) is 3.07. The van der Waals surface area contributed by atoms with Crippen LogP contribution < -0.4 is 10.9 Å². The molecule has 0 amide bonds. The van der Waals surface area contributed by atoms with Gasteiger partial charge in [-0.05, 0) is 12.8 Å². The minimum atomic E-state index is 0.125. The molecule has 0 atom stereocenters. The zero-order valence-corrected chi connectivity index (χ0v) is 10.7. The summed E-state index contributed by atoms with van der Waals surface area (Å²) < 4.78 is 1.77. The summed E-state index contributed by atoms with van der Waals surface area (Å²) in [5.41, 5.74) is 1.28. The molecule has 3 rings (SSSR count). The number of nitrogens with zero attached hydrogens (tertiary/aromatic N) is 6. The molecule has 0 bridgehead atoms. The van der Waals surface area contributed by atoms with Crippen LogP contribution in [0, 0.1) is 11.3 Å². The number of aromatic nitrogens is 4. The van der Waals surface area contributed by atoms with Gasteiger partial charge in [-0.3, -0.25) is 5.01 Å². The summed E-state index contributed by atoms with van der Waals surface area (Å²) >= 11 is 0. The average molecular weight is 257 g/mol. The Bertz CT molecular complexity index is 648. The maximum atomic E-state index is 9.03. The Hall–Kier alpha value is -2.20. The molecule has 1 aliphatic carbocycles. The van der Waals surface area contributed by atoms with Crippen LogP contribution >= 0.6 is 0 Å². The first kappa shape index (κ1) is 11.9. The number of rotatable bonds is 2. The highest BCUT2D eigenvalue weighted by molar-refractivity contribution is 5.83. The maximum Gasteiger partial charge on any atom is 0.236 e. The number of nitrogens with two attached hydrogens (primary N) is 1. The predicted octanol–water partition coefficient (Wildman–Crippen LogP) is 0.858. The van der Waals surface area contributed by atoms with E-state index in [1.807, 2.05) is 13.1 Å². The van der Waals surface area contributed by atoms with Gasteiger partial charge in [-0.15, -0.1) is 0 Å². The van der Waals surface area contributed by atoms with Crippen LogP contribution in [0.3, 0.4) is 0 Å². The van der Waals surface area contributed by atoms with Crippen LogP contribution in [0.1, 0.15) is 31.5 Å². The van der Waals surface area contributed by atoms with Crippen LogP contribution in [0.4, 0.5) is 5.82 Å². The first-order valence-electron chi connectivity index (χ1n) is 6.34. The first-order chi connectivity index (χ1) is 9.20. The zero-order valence-electron chi connectivity index (χ0n) is 10.7. The Labute approximate surface area is 110 Å². The van der Waals surface area contributed by atoms with Crippen molar-refractivity contribution in [3.05, 3.63) is 12.2 Å². The zero-order chi connectivity index (χ0) is 13.4. The van der Waals surface area contributed by atoms with E-state index >= 15 is 0 Å². The van der Waals surface area contributed by atoms with Crippen LogP contribution in [-0.4, -0.2) is 25.6 Å². The number of anilines is 1. The van der Waals surface area contributed by atoms with Gasteiger partial charge in [0.1, 0.15) is 6.07 Å². The Morgan fingerprint density at radius 3 is 2.84 bits per heavy atom. The molecule has 0 saturated heterocycles. The molecule has 1 fully saturated rings. The van der Waals surface area contributed by atoms with E-state index in [0.29, 0.717) is 17.0 Å². The lowest BCUT2D eigenvalue weighted by Crippen LogP contribution is -2.40. The second-order valence-electron chi connectivity index (χ2n) is 4.86. The lowest BCUT2D eigenvalue weighted by molar-refractivity contribution is 0.617. The van der Waals surface area contributed by atoms with Gasteiger partial charge in [0.25, 0.3) is 0 Å². The quantitative estimate of drug-likeness (QED) is 0.633. The van der Waals surface area contributed by atoms with E-state index in [9.17, 15) is 0 Å². The van der Waals surface area contributed by atoms with Gasteiger partial charge in [0.05, 0.1) is 6.33 Å². The molecule has 0 unspecified atom stereocenters. The summed E-state index contributed by atoms with van der Waals surface area (Å²) in [5.74, 6) is 6.86. The van der Waals surface area contributed by atoms with E-state index in [4.69, 9.17) is 11.1 Å². The molecule has 2 N–H and O–H groups in total. The molecule has 2 aromatic rings. The number of imidazole rings is 1. The van der Waals surface area contributed by atoms with Crippen molar-refractivity contribution in [2.24, 2.45) is 12.9 Å². The molecule has 2 aromatic heterocycles. The first-order valence-corrected chi connectivity index (χ1v) is 6.34. The van der Waals surface area contributed by atoms with E-state index in [1.165, 1.54) is 12.8 Å².